The van der Waals surface area contributed by atoms with E-state index in [9.17, 15) is 9.18 Å². The lowest BCUT2D eigenvalue weighted by molar-refractivity contribution is 0.0934. The third-order valence-corrected chi connectivity index (χ3v) is 5.41. The number of amides is 1. The first-order chi connectivity index (χ1) is 13.8. The fourth-order valence-electron chi connectivity index (χ4n) is 3.11. The molecule has 2 N–H and O–H groups in total. The van der Waals surface area contributed by atoms with Crippen molar-refractivity contribution < 1.29 is 9.18 Å². The Kier molecular flexibility index (Phi) is 6.65. The third kappa shape index (κ3) is 4.65. The van der Waals surface area contributed by atoms with Gasteiger partial charge in [-0.3, -0.25) is 4.79 Å². The van der Waals surface area contributed by atoms with E-state index in [0.717, 1.165) is 19.3 Å². The number of rotatable bonds is 7. The number of carbonyl (C=O) groups is 1. The summed E-state index contributed by atoms with van der Waals surface area (Å²) in [5.74, 6) is -0.603. The first-order valence-electron chi connectivity index (χ1n) is 9.49. The number of halogens is 3. The van der Waals surface area contributed by atoms with Crippen molar-refractivity contribution in [1.82, 2.24) is 14.9 Å². The van der Waals surface area contributed by atoms with Crippen LogP contribution in [0.15, 0.2) is 30.3 Å². The molecule has 1 heterocycles. The van der Waals surface area contributed by atoms with Gasteiger partial charge in [-0.05, 0) is 31.5 Å². The zero-order valence-electron chi connectivity index (χ0n) is 16.5. The topological polar surface area (TPSA) is 59.0 Å². The minimum absolute atomic E-state index is 0.0266. The normalized spacial score (nSPS) is 12.2. The zero-order valence-corrected chi connectivity index (χ0v) is 18.0. The van der Waals surface area contributed by atoms with Crippen molar-refractivity contribution >= 4 is 51.8 Å². The smallest absolute Gasteiger partial charge is 0.254 e. The number of benzene rings is 2. The number of aromatic nitrogens is 2. The molecule has 3 aromatic rings. The highest BCUT2D eigenvalue weighted by atomic mass is 35.5. The highest BCUT2D eigenvalue weighted by molar-refractivity contribution is 6.39. The molecule has 0 bridgehead atoms. The molecule has 8 heteroatoms. The lowest BCUT2D eigenvalue weighted by Gasteiger charge is -2.13. The number of anilines is 2. The number of aryl methyl sites for hydroxylation is 1. The molecule has 0 unspecified atom stereocenters. The number of imidazole rings is 1. The summed E-state index contributed by atoms with van der Waals surface area (Å²) < 4.78 is 16.3. The van der Waals surface area contributed by atoms with Gasteiger partial charge in [-0.2, -0.15) is 0 Å². The summed E-state index contributed by atoms with van der Waals surface area (Å²) in [4.78, 5) is 17.0. The average molecular weight is 437 g/mol. The van der Waals surface area contributed by atoms with Gasteiger partial charge in [0, 0.05) is 19.2 Å². The standard InChI is InChI=1S/C21H23Cl2FN4O/c1-4-5-7-12(2)25-20(29)13-10-17-18(11-16(13)24)28(3)21(26-17)27-19-14(22)8-6-9-15(19)23/h6,8-12H,4-5,7H2,1-3H3,(H,25,29)(H,26,27)/t12-/m0/s1. The number of unbranched alkanes of at least 4 members (excludes halogenated alkanes) is 1. The molecule has 2 aromatic carbocycles. The lowest BCUT2D eigenvalue weighted by Crippen LogP contribution is -2.33. The number of para-hydroxylation sites is 1. The monoisotopic (exact) mass is 436 g/mol. The Morgan fingerprint density at radius 1 is 1.28 bits per heavy atom. The van der Waals surface area contributed by atoms with Crippen LogP contribution in [0, 0.1) is 5.82 Å². The van der Waals surface area contributed by atoms with Crippen molar-refractivity contribution in [3.63, 3.8) is 0 Å². The van der Waals surface area contributed by atoms with Crippen molar-refractivity contribution in [3.8, 4) is 0 Å². The van der Waals surface area contributed by atoms with E-state index < -0.39 is 11.7 Å². The van der Waals surface area contributed by atoms with Crippen molar-refractivity contribution in [1.29, 1.82) is 0 Å². The first-order valence-corrected chi connectivity index (χ1v) is 10.2. The molecule has 0 aliphatic heterocycles. The van der Waals surface area contributed by atoms with Gasteiger partial charge in [-0.25, -0.2) is 9.37 Å². The van der Waals surface area contributed by atoms with Gasteiger partial charge in [0.25, 0.3) is 5.91 Å². The van der Waals surface area contributed by atoms with Crippen molar-refractivity contribution in [2.24, 2.45) is 7.05 Å². The van der Waals surface area contributed by atoms with Crippen LogP contribution in [0.3, 0.4) is 0 Å². The summed E-state index contributed by atoms with van der Waals surface area (Å²) in [7, 11) is 1.74. The van der Waals surface area contributed by atoms with E-state index in [0.29, 0.717) is 32.7 Å². The second-order valence-corrected chi connectivity index (χ2v) is 7.87. The molecule has 1 aromatic heterocycles. The number of fused-ring (bicyclic) bond motifs is 1. The molecule has 0 spiro atoms. The van der Waals surface area contributed by atoms with E-state index in [4.69, 9.17) is 23.2 Å². The summed E-state index contributed by atoms with van der Waals surface area (Å²) in [5.41, 5.74) is 1.52. The van der Waals surface area contributed by atoms with E-state index in [1.165, 1.54) is 12.1 Å². The molecule has 0 fully saturated rings. The molecular formula is C21H23Cl2FN4O. The molecule has 0 aliphatic rings. The molecule has 3 rings (SSSR count). The van der Waals surface area contributed by atoms with Crippen LogP contribution in [-0.4, -0.2) is 21.5 Å². The summed E-state index contributed by atoms with van der Waals surface area (Å²) in [6.45, 7) is 4.00. The Labute approximate surface area is 179 Å². The van der Waals surface area contributed by atoms with E-state index in [1.807, 2.05) is 6.92 Å². The Hall–Kier alpha value is -2.31. The number of nitrogens with one attached hydrogen (secondary N) is 2. The summed E-state index contributed by atoms with van der Waals surface area (Å²) in [6.07, 6.45) is 2.89. The molecule has 0 aliphatic carbocycles. The Bertz CT molecular complexity index is 1030. The van der Waals surface area contributed by atoms with Crippen LogP contribution in [0.1, 0.15) is 43.5 Å². The predicted octanol–water partition coefficient (Wildman–Crippen LogP) is 6.07. The largest absolute Gasteiger partial charge is 0.349 e. The predicted molar refractivity (Wildman–Crippen MR) is 117 cm³/mol. The number of nitrogens with zero attached hydrogens (tertiary/aromatic N) is 2. The van der Waals surface area contributed by atoms with Gasteiger partial charge in [0.2, 0.25) is 5.95 Å². The lowest BCUT2D eigenvalue weighted by atomic mass is 10.1. The maximum atomic E-state index is 14.7. The quantitative estimate of drug-likeness (QED) is 0.472. The molecule has 1 atom stereocenters. The van der Waals surface area contributed by atoms with Crippen LogP contribution in [0.4, 0.5) is 16.0 Å². The van der Waals surface area contributed by atoms with Crippen LogP contribution < -0.4 is 10.6 Å². The van der Waals surface area contributed by atoms with Gasteiger partial charge in [0.05, 0.1) is 32.3 Å². The molecule has 154 valence electrons. The minimum atomic E-state index is -0.594. The maximum Gasteiger partial charge on any atom is 0.254 e. The van der Waals surface area contributed by atoms with Gasteiger partial charge in [-0.1, -0.05) is 49.0 Å². The van der Waals surface area contributed by atoms with E-state index in [1.54, 1.807) is 29.8 Å². The van der Waals surface area contributed by atoms with Crippen molar-refractivity contribution in [2.45, 2.75) is 39.2 Å². The second kappa shape index (κ2) is 9.01. The van der Waals surface area contributed by atoms with Gasteiger partial charge in [-0.15, -0.1) is 0 Å². The van der Waals surface area contributed by atoms with E-state index in [-0.39, 0.29) is 11.6 Å². The Morgan fingerprint density at radius 2 is 1.97 bits per heavy atom. The van der Waals surface area contributed by atoms with Crippen LogP contribution >= 0.6 is 23.2 Å². The van der Waals surface area contributed by atoms with E-state index in [2.05, 4.69) is 22.5 Å². The number of hydrogen-bond donors (Lipinski definition) is 2. The highest BCUT2D eigenvalue weighted by Crippen LogP contribution is 2.33. The minimum Gasteiger partial charge on any atom is -0.349 e. The molecule has 29 heavy (non-hydrogen) atoms. The van der Waals surface area contributed by atoms with Crippen LogP contribution in [0.25, 0.3) is 11.0 Å². The van der Waals surface area contributed by atoms with Crippen LogP contribution in [0.2, 0.25) is 10.0 Å². The average Bonchev–Trinajstić information content (AvgIpc) is 2.97. The molecule has 5 nitrogen and oxygen atoms in total. The van der Waals surface area contributed by atoms with Crippen LogP contribution in [-0.2, 0) is 7.05 Å². The molecular weight excluding hydrogens is 414 g/mol. The van der Waals surface area contributed by atoms with Crippen LogP contribution in [0.5, 0.6) is 0 Å². The summed E-state index contributed by atoms with van der Waals surface area (Å²) in [6, 6.07) is 7.91. The van der Waals surface area contributed by atoms with Gasteiger partial charge < -0.3 is 15.2 Å². The van der Waals surface area contributed by atoms with Crippen molar-refractivity contribution in [3.05, 3.63) is 51.8 Å². The molecule has 0 saturated carbocycles. The maximum absolute atomic E-state index is 14.7. The van der Waals surface area contributed by atoms with E-state index >= 15 is 0 Å². The summed E-state index contributed by atoms with van der Waals surface area (Å²) in [5, 5.41) is 6.82. The fraction of sp³-hybridized carbons (Fsp3) is 0.333. The number of carbonyl (C=O) groups excluding carboxylic acids is 1. The zero-order chi connectivity index (χ0) is 21.1. The molecule has 0 saturated heterocycles. The highest BCUT2D eigenvalue weighted by Gasteiger charge is 2.19. The van der Waals surface area contributed by atoms with Gasteiger partial charge in [0.1, 0.15) is 5.82 Å². The molecule has 1 amide bonds. The summed E-state index contributed by atoms with van der Waals surface area (Å²) >= 11 is 12.4. The molecule has 0 radical (unpaired) electrons. The van der Waals surface area contributed by atoms with Crippen molar-refractivity contribution in [2.75, 3.05) is 5.32 Å². The number of hydrogen-bond acceptors (Lipinski definition) is 3. The van der Waals surface area contributed by atoms with Gasteiger partial charge >= 0.3 is 0 Å². The Morgan fingerprint density at radius 3 is 2.62 bits per heavy atom. The fourth-order valence-corrected chi connectivity index (χ4v) is 3.60. The second-order valence-electron chi connectivity index (χ2n) is 7.05. The van der Waals surface area contributed by atoms with Gasteiger partial charge in [0.15, 0.2) is 0 Å². The SMILES string of the molecule is CCCC[C@H](C)NC(=O)c1cc2nc(Nc3c(Cl)cccc3Cl)n(C)c2cc1F. The Balaban J connectivity index is 1.91. The third-order valence-electron chi connectivity index (χ3n) is 4.78. The first kappa shape index (κ1) is 21.4.